The summed E-state index contributed by atoms with van der Waals surface area (Å²) in [6, 6.07) is 2.24. The second kappa shape index (κ2) is 14.5. The number of hydrogen-bond donors (Lipinski definition) is 6. The average Bonchev–Trinajstić information content (AvgIpc) is 3.57. The van der Waals surface area contributed by atoms with Crippen LogP contribution in [0.1, 0.15) is 55.6 Å². The van der Waals surface area contributed by atoms with Gasteiger partial charge in [-0.2, -0.15) is 0 Å². The third-order valence-corrected chi connectivity index (χ3v) is 13.2. The molecular weight excluding hydrogens is 768 g/mol. The molecule has 17 nitrogen and oxygen atoms in total. The number of phenolic OH excluding ortho intramolecular Hbond substituents is 2. The molecule has 20 heteroatoms. The van der Waals surface area contributed by atoms with Crippen molar-refractivity contribution in [3.8, 4) is 11.5 Å². The van der Waals surface area contributed by atoms with Crippen LogP contribution in [0.5, 0.6) is 11.5 Å². The molecular formula is C34H38ClN6O11S2+. The Balaban J connectivity index is 1.10. The highest BCUT2D eigenvalue weighted by molar-refractivity contribution is 8.00. The molecule has 5 aliphatic heterocycles. The molecule has 1 aromatic carbocycles. The minimum absolute atomic E-state index is 0.0639. The molecule has 0 saturated carbocycles. The number of oxime groups is 1. The van der Waals surface area contributed by atoms with Crippen molar-refractivity contribution in [2.24, 2.45) is 16.5 Å². The van der Waals surface area contributed by atoms with Crippen LogP contribution >= 0.6 is 34.7 Å². The van der Waals surface area contributed by atoms with E-state index in [0.29, 0.717) is 61.3 Å². The number of phenols is 2. The van der Waals surface area contributed by atoms with Crippen molar-refractivity contribution < 1.29 is 58.5 Å². The number of aromatic hydroxyl groups is 2. The molecule has 2 amide bonds. The smallest absolute Gasteiger partial charge is 0.352 e. The number of carboxylic acids is 2. The van der Waals surface area contributed by atoms with E-state index in [1.165, 1.54) is 42.0 Å². The number of nitrogen functional groups attached to an aromatic ring is 1. The molecule has 6 heterocycles. The molecule has 0 unspecified atom stereocenters. The predicted octanol–water partition coefficient (Wildman–Crippen LogP) is 2.20. The first kappa shape index (κ1) is 39.0. The van der Waals surface area contributed by atoms with E-state index in [0.717, 1.165) is 17.4 Å². The van der Waals surface area contributed by atoms with Crippen LogP contribution in [0.4, 0.5) is 5.13 Å². The van der Waals surface area contributed by atoms with Crippen molar-refractivity contribution >= 4 is 80.9 Å². The van der Waals surface area contributed by atoms with Crippen molar-refractivity contribution in [1.82, 2.24) is 15.2 Å². The standard InChI is InChI=1S/C34H37ClN6O11S2/c1-33(2,31(50)51)52-39-23(19-14-54-32(36)38-19)21(43)11-18-28(47)40-24(30(48)49)16(13-53-29(18)40)12-41-8-5-34(6-9-41,7-10-41)15-37-27(46)25(44)17-3-4-20(42)26(45)22(17)35/h3-4,14,18,29H,5-13,15H2,1-2H3,(H6-,36,37,38,39,42,43,44,45,46,48,49,50,51)/p+1/t18-,29-,34?,41?/m1/s1. The minimum atomic E-state index is -1.77. The van der Waals surface area contributed by atoms with E-state index < -0.39 is 68.7 Å². The maximum atomic E-state index is 13.6. The third-order valence-electron chi connectivity index (χ3n) is 10.7. The van der Waals surface area contributed by atoms with Crippen molar-refractivity contribution in [2.45, 2.75) is 50.5 Å². The van der Waals surface area contributed by atoms with Crippen LogP contribution in [-0.2, 0) is 28.8 Å². The normalized spacial score (nSPS) is 25.1. The SMILES string of the molecule is CC(C)(O/N=C(\C(=O)C[C@@H]1C(=O)N2C(C(=O)O)=C(C[N+]34CCC(CNC(=O)C(=O)c5ccc(O)c(O)c5Cl)(CC3)CC4)CS[C@H]12)c1csc(N)n1)C(=O)O. The van der Waals surface area contributed by atoms with E-state index in [9.17, 15) is 49.2 Å². The van der Waals surface area contributed by atoms with Crippen LogP contribution in [0.3, 0.4) is 0 Å². The third kappa shape index (κ3) is 7.24. The van der Waals surface area contributed by atoms with Gasteiger partial charge in [-0.3, -0.25) is 24.1 Å². The number of aromatic nitrogens is 1. The molecule has 2 atom stereocenters. The number of nitrogens with two attached hydrogens (primary N) is 1. The predicted molar refractivity (Wildman–Crippen MR) is 195 cm³/mol. The molecule has 0 radical (unpaired) electrons. The zero-order valence-corrected chi connectivity index (χ0v) is 31.6. The summed E-state index contributed by atoms with van der Waals surface area (Å²) in [5.74, 6) is -7.28. The van der Waals surface area contributed by atoms with Gasteiger partial charge in [-0.15, -0.1) is 23.1 Å². The van der Waals surface area contributed by atoms with E-state index in [1.807, 2.05) is 0 Å². The molecule has 2 aromatic rings. The van der Waals surface area contributed by atoms with E-state index in [2.05, 4.69) is 15.5 Å². The van der Waals surface area contributed by atoms with Crippen LogP contribution in [0.15, 0.2) is 33.9 Å². The lowest BCUT2D eigenvalue weighted by molar-refractivity contribution is -0.941. The number of aliphatic carboxylic acids is 2. The summed E-state index contributed by atoms with van der Waals surface area (Å²) in [7, 11) is 0. The van der Waals surface area contributed by atoms with E-state index in [-0.39, 0.29) is 46.2 Å². The van der Waals surface area contributed by atoms with Gasteiger partial charge in [0.1, 0.15) is 17.9 Å². The first-order chi connectivity index (χ1) is 25.4. The van der Waals surface area contributed by atoms with Crippen LogP contribution in [0, 0.1) is 11.3 Å². The van der Waals surface area contributed by atoms with E-state index >= 15 is 0 Å². The van der Waals surface area contributed by atoms with Gasteiger partial charge in [0.15, 0.2) is 28.1 Å². The Hall–Kier alpha value is -4.72. The monoisotopic (exact) mass is 805 g/mol. The molecule has 4 fully saturated rings. The van der Waals surface area contributed by atoms with Gasteiger partial charge in [0.25, 0.3) is 11.7 Å². The summed E-state index contributed by atoms with van der Waals surface area (Å²) in [5.41, 5.74) is 3.79. The second-order valence-corrected chi connectivity index (χ2v) is 16.9. The maximum absolute atomic E-state index is 13.6. The van der Waals surface area contributed by atoms with Crippen molar-refractivity contribution in [3.63, 3.8) is 0 Å². The van der Waals surface area contributed by atoms with Crippen LogP contribution < -0.4 is 11.1 Å². The lowest BCUT2D eigenvalue weighted by Gasteiger charge is -2.56. The zero-order chi connectivity index (χ0) is 39.3. The Morgan fingerprint density at radius 1 is 1.15 bits per heavy atom. The number of β-lactam (4-membered cyclic amide) rings is 1. The van der Waals surface area contributed by atoms with Gasteiger partial charge in [-0.25, -0.2) is 14.6 Å². The van der Waals surface area contributed by atoms with Crippen LogP contribution in [0.25, 0.3) is 0 Å². The number of quaternary nitrogens is 1. The number of piperidine rings is 3. The number of nitrogens with zero attached hydrogens (tertiary/aromatic N) is 4. The van der Waals surface area contributed by atoms with Gasteiger partial charge in [0.2, 0.25) is 11.5 Å². The number of carbonyl (C=O) groups is 6. The van der Waals surface area contributed by atoms with Crippen LogP contribution in [0.2, 0.25) is 5.02 Å². The molecule has 0 aliphatic carbocycles. The number of thiazole rings is 1. The quantitative estimate of drug-likeness (QED) is 0.0304. The fourth-order valence-electron chi connectivity index (χ4n) is 7.31. The Kier molecular flexibility index (Phi) is 10.5. The number of benzene rings is 1. The lowest BCUT2D eigenvalue weighted by Crippen LogP contribution is -2.66. The summed E-state index contributed by atoms with van der Waals surface area (Å²) in [4.78, 5) is 87.3. The zero-order valence-electron chi connectivity index (χ0n) is 29.2. The first-order valence-corrected chi connectivity index (χ1v) is 19.2. The van der Waals surface area contributed by atoms with Crippen molar-refractivity contribution in [3.05, 3.63) is 45.1 Å². The maximum Gasteiger partial charge on any atom is 0.352 e. The summed E-state index contributed by atoms with van der Waals surface area (Å²) < 4.78 is 0.613. The number of ketones is 2. The Morgan fingerprint density at radius 3 is 2.41 bits per heavy atom. The number of hydrogen-bond acceptors (Lipinski definition) is 14. The molecule has 5 aliphatic rings. The summed E-state index contributed by atoms with van der Waals surface area (Å²) in [5, 5.41) is 46.3. The number of amides is 2. The van der Waals surface area contributed by atoms with Gasteiger partial charge in [0, 0.05) is 54.3 Å². The number of carboxylic acid groups (broad SMARTS) is 2. The number of thioether (sulfide) groups is 1. The number of nitrogens with one attached hydrogen (secondary N) is 1. The highest BCUT2D eigenvalue weighted by Crippen LogP contribution is 2.48. The van der Waals surface area contributed by atoms with Gasteiger partial charge < -0.3 is 40.8 Å². The van der Waals surface area contributed by atoms with Gasteiger partial charge in [0.05, 0.1) is 41.5 Å². The number of halogens is 1. The van der Waals surface area contributed by atoms with Crippen molar-refractivity contribution in [1.29, 1.82) is 0 Å². The average molecular weight is 806 g/mol. The fourth-order valence-corrected chi connectivity index (χ4v) is 9.51. The van der Waals surface area contributed by atoms with E-state index in [1.54, 1.807) is 0 Å². The second-order valence-electron chi connectivity index (χ2n) is 14.5. The molecule has 1 aromatic heterocycles. The van der Waals surface area contributed by atoms with Crippen LogP contribution in [-0.4, -0.2) is 125 Å². The number of Topliss-reactive ketones (excluding diaryl/α,β-unsaturated/α-hetero) is 2. The number of carbonyl (C=O) groups excluding carboxylic acids is 4. The molecule has 54 heavy (non-hydrogen) atoms. The van der Waals surface area contributed by atoms with Crippen molar-refractivity contribution in [2.75, 3.05) is 44.2 Å². The minimum Gasteiger partial charge on any atom is -0.504 e. The summed E-state index contributed by atoms with van der Waals surface area (Å²) in [6.07, 6.45) is 1.80. The summed E-state index contributed by atoms with van der Waals surface area (Å²) in [6.45, 7) is 5.26. The first-order valence-electron chi connectivity index (χ1n) is 16.9. The molecule has 7 rings (SSSR count). The lowest BCUT2D eigenvalue weighted by atomic mass is 9.70. The molecule has 288 valence electrons. The van der Waals surface area contributed by atoms with Gasteiger partial charge >= 0.3 is 11.9 Å². The Labute approximate surface area is 321 Å². The summed E-state index contributed by atoms with van der Waals surface area (Å²) >= 11 is 8.39. The highest BCUT2D eigenvalue weighted by Gasteiger charge is 2.56. The number of rotatable bonds is 14. The fraction of sp³-hybridized carbons (Fsp3) is 0.471. The number of anilines is 1. The number of fused-ring (bicyclic) bond motifs is 4. The largest absolute Gasteiger partial charge is 0.504 e. The van der Waals surface area contributed by atoms with Gasteiger partial charge in [-0.05, 0) is 26.0 Å². The highest BCUT2D eigenvalue weighted by atomic mass is 35.5. The molecule has 0 spiro atoms. The molecule has 2 bridgehead atoms. The van der Waals surface area contributed by atoms with E-state index in [4.69, 9.17) is 22.2 Å². The molecule has 4 saturated heterocycles. The Bertz CT molecular complexity index is 2010. The Morgan fingerprint density at radius 2 is 1.81 bits per heavy atom. The van der Waals surface area contributed by atoms with Gasteiger partial charge in [-0.1, -0.05) is 16.8 Å². The topological polar surface area (TPSA) is 259 Å². The molecule has 7 N–H and O–H groups in total.